The Morgan fingerprint density at radius 3 is 2.52 bits per heavy atom. The van der Waals surface area contributed by atoms with Crippen LogP contribution in [0.5, 0.6) is 0 Å². The standard InChI is InChI=1S/C13H7BrClFN2O2S/c14-10-6-9(2-3-11(10)15)21(19,20)18-13-4-1-8(7-17)5-12(13)16/h1-6,18H. The summed E-state index contributed by atoms with van der Waals surface area (Å²) in [7, 11) is -3.96. The van der Waals surface area contributed by atoms with Gasteiger partial charge in [0.15, 0.2) is 0 Å². The lowest BCUT2D eigenvalue weighted by atomic mass is 10.2. The molecule has 0 bridgehead atoms. The number of rotatable bonds is 3. The lowest BCUT2D eigenvalue weighted by Crippen LogP contribution is -2.14. The van der Waals surface area contributed by atoms with E-state index in [1.54, 1.807) is 6.07 Å². The van der Waals surface area contributed by atoms with E-state index in [4.69, 9.17) is 16.9 Å². The molecular weight excluding hydrogens is 383 g/mol. The van der Waals surface area contributed by atoms with Crippen molar-refractivity contribution in [2.75, 3.05) is 4.72 Å². The fourth-order valence-electron chi connectivity index (χ4n) is 1.52. The Morgan fingerprint density at radius 2 is 1.95 bits per heavy atom. The van der Waals surface area contributed by atoms with E-state index in [-0.39, 0.29) is 16.1 Å². The normalized spacial score (nSPS) is 11.0. The number of nitrogens with one attached hydrogen (secondary N) is 1. The van der Waals surface area contributed by atoms with Crippen LogP contribution >= 0.6 is 27.5 Å². The number of hydrogen-bond acceptors (Lipinski definition) is 3. The number of sulfonamides is 1. The molecule has 0 saturated carbocycles. The summed E-state index contributed by atoms with van der Waals surface area (Å²) in [6.45, 7) is 0. The van der Waals surface area contributed by atoms with E-state index in [0.717, 1.165) is 6.07 Å². The highest BCUT2D eigenvalue weighted by Gasteiger charge is 2.17. The molecule has 0 spiro atoms. The highest BCUT2D eigenvalue weighted by atomic mass is 79.9. The SMILES string of the molecule is N#Cc1ccc(NS(=O)(=O)c2ccc(Cl)c(Br)c2)c(F)c1. The number of halogens is 3. The topological polar surface area (TPSA) is 70.0 Å². The molecule has 2 aromatic carbocycles. The molecule has 0 atom stereocenters. The Bertz CT molecular complexity index is 850. The van der Waals surface area contributed by atoms with Crippen LogP contribution in [-0.2, 0) is 10.0 Å². The Hall–Kier alpha value is -1.62. The maximum Gasteiger partial charge on any atom is 0.262 e. The lowest BCUT2D eigenvalue weighted by Gasteiger charge is -2.09. The second-order valence-corrected chi connectivity index (χ2v) is 6.93. The minimum absolute atomic E-state index is 0.0671. The van der Waals surface area contributed by atoms with E-state index in [0.29, 0.717) is 9.50 Å². The Morgan fingerprint density at radius 1 is 1.24 bits per heavy atom. The maximum atomic E-state index is 13.7. The third kappa shape index (κ3) is 3.53. The van der Waals surface area contributed by atoms with Crippen molar-refractivity contribution in [3.8, 4) is 6.07 Å². The van der Waals surface area contributed by atoms with Crippen LogP contribution in [0, 0.1) is 17.1 Å². The zero-order valence-corrected chi connectivity index (χ0v) is 13.4. The quantitative estimate of drug-likeness (QED) is 0.865. The van der Waals surface area contributed by atoms with Crippen molar-refractivity contribution in [3.63, 3.8) is 0 Å². The summed E-state index contributed by atoms with van der Waals surface area (Å²) in [5, 5.41) is 9.01. The molecule has 0 saturated heterocycles. The van der Waals surface area contributed by atoms with Gasteiger partial charge in [0.2, 0.25) is 0 Å². The molecule has 21 heavy (non-hydrogen) atoms. The summed E-state index contributed by atoms with van der Waals surface area (Å²) in [6.07, 6.45) is 0. The monoisotopic (exact) mass is 388 g/mol. The van der Waals surface area contributed by atoms with E-state index in [1.807, 2.05) is 0 Å². The summed E-state index contributed by atoms with van der Waals surface area (Å²) < 4.78 is 40.6. The zero-order chi connectivity index (χ0) is 15.6. The molecule has 0 aliphatic rings. The van der Waals surface area contributed by atoms with Crippen LogP contribution in [-0.4, -0.2) is 8.42 Å². The van der Waals surface area contributed by atoms with Gasteiger partial charge >= 0.3 is 0 Å². The fourth-order valence-corrected chi connectivity index (χ4v) is 3.26. The Balaban J connectivity index is 2.37. The smallest absolute Gasteiger partial charge is 0.262 e. The number of benzene rings is 2. The van der Waals surface area contributed by atoms with Gasteiger partial charge in [-0.25, -0.2) is 12.8 Å². The molecule has 0 heterocycles. The first-order chi connectivity index (χ1) is 9.83. The van der Waals surface area contributed by atoms with Crippen LogP contribution in [0.1, 0.15) is 5.56 Å². The largest absolute Gasteiger partial charge is 0.277 e. The first kappa shape index (κ1) is 15.8. The molecule has 2 aromatic rings. The first-order valence-electron chi connectivity index (χ1n) is 5.51. The number of hydrogen-bond donors (Lipinski definition) is 1. The number of nitriles is 1. The average molecular weight is 390 g/mol. The summed E-state index contributed by atoms with van der Waals surface area (Å²) in [5.41, 5.74) is -0.134. The first-order valence-corrected chi connectivity index (χ1v) is 8.16. The number of anilines is 1. The summed E-state index contributed by atoms with van der Waals surface area (Å²) in [6, 6.07) is 9.25. The second kappa shape index (κ2) is 6.02. The second-order valence-electron chi connectivity index (χ2n) is 3.99. The highest BCUT2D eigenvalue weighted by Crippen LogP contribution is 2.27. The molecule has 2 rings (SSSR count). The molecule has 0 aliphatic heterocycles. The van der Waals surface area contributed by atoms with Gasteiger partial charge in [-0.3, -0.25) is 4.72 Å². The van der Waals surface area contributed by atoms with Crippen molar-refractivity contribution >= 4 is 43.2 Å². The van der Waals surface area contributed by atoms with Crippen molar-refractivity contribution < 1.29 is 12.8 Å². The van der Waals surface area contributed by atoms with E-state index in [1.165, 1.54) is 30.3 Å². The van der Waals surface area contributed by atoms with Crippen LogP contribution in [0.3, 0.4) is 0 Å². The molecule has 8 heteroatoms. The molecule has 0 amide bonds. The van der Waals surface area contributed by atoms with Crippen LogP contribution in [0.2, 0.25) is 5.02 Å². The van der Waals surface area contributed by atoms with Crippen LogP contribution in [0.4, 0.5) is 10.1 Å². The summed E-state index contributed by atoms with van der Waals surface area (Å²) in [4.78, 5) is -0.0671. The van der Waals surface area contributed by atoms with Gasteiger partial charge in [-0.15, -0.1) is 0 Å². The minimum atomic E-state index is -3.96. The third-order valence-electron chi connectivity index (χ3n) is 2.54. The van der Waals surface area contributed by atoms with Crippen molar-refractivity contribution in [2.45, 2.75) is 4.90 Å². The molecule has 0 fully saturated rings. The maximum absolute atomic E-state index is 13.7. The lowest BCUT2D eigenvalue weighted by molar-refractivity contribution is 0.598. The molecule has 1 N–H and O–H groups in total. The van der Waals surface area contributed by atoms with Gasteiger partial charge in [0, 0.05) is 4.47 Å². The fraction of sp³-hybridized carbons (Fsp3) is 0. The molecule has 4 nitrogen and oxygen atoms in total. The Labute approximate surface area is 134 Å². The van der Waals surface area contributed by atoms with E-state index in [9.17, 15) is 12.8 Å². The predicted octanol–water partition coefficient (Wildman–Crippen LogP) is 3.91. The van der Waals surface area contributed by atoms with Gasteiger partial charge in [0.1, 0.15) is 5.82 Å². The third-order valence-corrected chi connectivity index (χ3v) is 5.12. The average Bonchev–Trinajstić information content (AvgIpc) is 2.43. The van der Waals surface area contributed by atoms with E-state index in [2.05, 4.69) is 20.7 Å². The van der Waals surface area contributed by atoms with Crippen LogP contribution < -0.4 is 4.72 Å². The van der Waals surface area contributed by atoms with Gasteiger partial charge in [-0.1, -0.05) is 11.6 Å². The molecule has 108 valence electrons. The van der Waals surface area contributed by atoms with Gasteiger partial charge < -0.3 is 0 Å². The minimum Gasteiger partial charge on any atom is -0.277 e. The molecule has 0 aliphatic carbocycles. The van der Waals surface area contributed by atoms with Crippen molar-refractivity contribution in [1.82, 2.24) is 0 Å². The molecule has 0 aromatic heterocycles. The van der Waals surface area contributed by atoms with Crippen molar-refractivity contribution in [2.24, 2.45) is 0 Å². The van der Waals surface area contributed by atoms with Crippen LogP contribution in [0.15, 0.2) is 45.8 Å². The van der Waals surface area contributed by atoms with Gasteiger partial charge in [-0.05, 0) is 52.3 Å². The van der Waals surface area contributed by atoms with Gasteiger partial charge in [-0.2, -0.15) is 5.26 Å². The van der Waals surface area contributed by atoms with Gasteiger partial charge in [0.25, 0.3) is 10.0 Å². The molecule has 0 radical (unpaired) electrons. The zero-order valence-electron chi connectivity index (χ0n) is 10.3. The highest BCUT2D eigenvalue weighted by molar-refractivity contribution is 9.10. The van der Waals surface area contributed by atoms with Gasteiger partial charge in [0.05, 0.1) is 27.2 Å². The van der Waals surface area contributed by atoms with Crippen LogP contribution in [0.25, 0.3) is 0 Å². The predicted molar refractivity (Wildman–Crippen MR) is 81.1 cm³/mol. The molecule has 0 unspecified atom stereocenters. The van der Waals surface area contributed by atoms with Crippen molar-refractivity contribution in [3.05, 3.63) is 57.3 Å². The van der Waals surface area contributed by atoms with E-state index < -0.39 is 15.8 Å². The number of nitrogens with zero attached hydrogens (tertiary/aromatic N) is 1. The van der Waals surface area contributed by atoms with E-state index >= 15 is 0 Å². The summed E-state index contributed by atoms with van der Waals surface area (Å²) in [5.74, 6) is -0.828. The summed E-state index contributed by atoms with van der Waals surface area (Å²) >= 11 is 8.92. The molecular formula is C13H7BrClFN2O2S. The Kier molecular flexibility index (Phi) is 4.52. The van der Waals surface area contributed by atoms with Crippen molar-refractivity contribution in [1.29, 1.82) is 5.26 Å².